The summed E-state index contributed by atoms with van der Waals surface area (Å²) in [6.07, 6.45) is 0. The molecule has 1 saturated heterocycles. The molecular weight excluding hydrogens is 367 g/mol. The minimum atomic E-state index is 0. The summed E-state index contributed by atoms with van der Waals surface area (Å²) in [6.45, 7) is 6.10. The Balaban J connectivity index is 0.00000180. The highest BCUT2D eigenvalue weighted by Gasteiger charge is 2.22. The van der Waals surface area contributed by atoms with E-state index in [9.17, 15) is 5.11 Å². The molecular formula is C13H21BrCl2N2O2. The zero-order chi connectivity index (χ0) is 13.1. The van der Waals surface area contributed by atoms with Crippen LogP contribution in [0.2, 0.25) is 0 Å². The fourth-order valence-corrected chi connectivity index (χ4v) is 2.79. The third-order valence-corrected chi connectivity index (χ3v) is 3.90. The second-order valence-corrected chi connectivity index (χ2v) is 5.42. The van der Waals surface area contributed by atoms with Crippen LogP contribution in [0.1, 0.15) is 18.5 Å². The maximum absolute atomic E-state index is 10.2. The van der Waals surface area contributed by atoms with Gasteiger partial charge in [-0.15, -0.1) is 24.8 Å². The molecule has 0 unspecified atom stereocenters. The average Bonchev–Trinajstić information content (AvgIpc) is 2.41. The van der Waals surface area contributed by atoms with Crippen molar-refractivity contribution in [1.82, 2.24) is 10.2 Å². The van der Waals surface area contributed by atoms with Gasteiger partial charge in [0.15, 0.2) is 11.5 Å². The number of ether oxygens (including phenoxy) is 1. The summed E-state index contributed by atoms with van der Waals surface area (Å²) >= 11 is 3.46. The van der Waals surface area contributed by atoms with Gasteiger partial charge >= 0.3 is 0 Å². The number of phenols is 1. The van der Waals surface area contributed by atoms with Gasteiger partial charge in [0.25, 0.3) is 0 Å². The summed E-state index contributed by atoms with van der Waals surface area (Å²) in [5.41, 5.74) is 0.906. The summed E-state index contributed by atoms with van der Waals surface area (Å²) in [7, 11) is 1.57. The van der Waals surface area contributed by atoms with Crippen LogP contribution >= 0.6 is 40.7 Å². The number of hydrogen-bond acceptors (Lipinski definition) is 4. The van der Waals surface area contributed by atoms with Crippen LogP contribution in [-0.4, -0.2) is 43.3 Å². The van der Waals surface area contributed by atoms with Gasteiger partial charge in [-0.3, -0.25) is 4.90 Å². The van der Waals surface area contributed by atoms with E-state index in [-0.39, 0.29) is 36.6 Å². The third-order valence-electron chi connectivity index (χ3n) is 3.44. The van der Waals surface area contributed by atoms with Crippen molar-refractivity contribution >= 4 is 40.7 Å². The number of hydrogen-bond donors (Lipinski definition) is 2. The maximum Gasteiger partial charge on any atom is 0.162 e. The fraction of sp³-hybridized carbons (Fsp3) is 0.538. The van der Waals surface area contributed by atoms with Crippen LogP contribution in [0, 0.1) is 0 Å². The highest BCUT2D eigenvalue weighted by molar-refractivity contribution is 9.10. The quantitative estimate of drug-likeness (QED) is 0.836. The lowest BCUT2D eigenvalue weighted by atomic mass is 10.0. The summed E-state index contributed by atoms with van der Waals surface area (Å²) in [4.78, 5) is 2.36. The van der Waals surface area contributed by atoms with Crippen LogP contribution in [-0.2, 0) is 0 Å². The number of methoxy groups -OCH3 is 1. The molecule has 0 aliphatic carbocycles. The number of benzene rings is 1. The van der Waals surface area contributed by atoms with Crippen LogP contribution < -0.4 is 10.1 Å². The van der Waals surface area contributed by atoms with Crippen molar-refractivity contribution in [3.63, 3.8) is 0 Å². The first-order chi connectivity index (χ1) is 8.63. The SMILES string of the molecule is COc1cc(Br)cc([C@H](C)N2CCNCC2)c1O.Cl.Cl. The standard InChI is InChI=1S/C13H19BrN2O2.2ClH/c1-9(16-5-3-15-4-6-16)11-7-10(14)8-12(18-2)13(11)17;;/h7-9,15,17H,3-6H2,1-2H3;2*1H/t9-;;/m0../s1. The molecule has 1 aliphatic heterocycles. The first-order valence-corrected chi connectivity index (χ1v) is 6.94. The number of phenolic OH excluding ortho intramolecular Hbond substituents is 1. The van der Waals surface area contributed by atoms with E-state index in [0.29, 0.717) is 5.75 Å². The molecule has 1 aromatic carbocycles. The maximum atomic E-state index is 10.2. The monoisotopic (exact) mass is 386 g/mol. The Hall–Kier alpha value is -0.200. The summed E-state index contributed by atoms with van der Waals surface area (Å²) < 4.78 is 6.12. The number of aromatic hydroxyl groups is 1. The summed E-state index contributed by atoms with van der Waals surface area (Å²) in [5.74, 6) is 0.757. The van der Waals surface area contributed by atoms with Crippen molar-refractivity contribution in [2.45, 2.75) is 13.0 Å². The van der Waals surface area contributed by atoms with E-state index in [4.69, 9.17) is 4.74 Å². The molecule has 1 atom stereocenters. The molecule has 0 amide bonds. The zero-order valence-electron chi connectivity index (χ0n) is 11.6. The molecule has 0 saturated carbocycles. The molecule has 0 radical (unpaired) electrons. The molecule has 0 aromatic heterocycles. The predicted molar refractivity (Wildman–Crippen MR) is 89.7 cm³/mol. The van der Waals surface area contributed by atoms with Crippen LogP contribution in [0.3, 0.4) is 0 Å². The van der Waals surface area contributed by atoms with Crippen LogP contribution in [0.4, 0.5) is 0 Å². The zero-order valence-corrected chi connectivity index (χ0v) is 14.8. The molecule has 4 nitrogen and oxygen atoms in total. The van der Waals surface area contributed by atoms with E-state index in [2.05, 4.69) is 33.1 Å². The van der Waals surface area contributed by atoms with Crippen molar-refractivity contribution in [2.24, 2.45) is 0 Å². The number of halogens is 3. The Morgan fingerprint density at radius 2 is 1.90 bits per heavy atom. The normalized spacial score (nSPS) is 16.8. The molecule has 116 valence electrons. The molecule has 1 fully saturated rings. The minimum absolute atomic E-state index is 0. The van der Waals surface area contributed by atoms with Crippen molar-refractivity contribution < 1.29 is 9.84 Å². The summed E-state index contributed by atoms with van der Waals surface area (Å²) in [5, 5.41) is 13.6. The lowest BCUT2D eigenvalue weighted by molar-refractivity contribution is 0.182. The number of rotatable bonds is 3. The minimum Gasteiger partial charge on any atom is -0.504 e. The molecule has 0 spiro atoms. The van der Waals surface area contributed by atoms with Crippen molar-refractivity contribution in [2.75, 3.05) is 33.3 Å². The van der Waals surface area contributed by atoms with E-state index in [1.165, 1.54) is 0 Å². The molecule has 20 heavy (non-hydrogen) atoms. The topological polar surface area (TPSA) is 44.7 Å². The van der Waals surface area contributed by atoms with E-state index < -0.39 is 0 Å². The molecule has 7 heteroatoms. The van der Waals surface area contributed by atoms with Gasteiger partial charge in [-0.05, 0) is 19.1 Å². The van der Waals surface area contributed by atoms with Crippen molar-refractivity contribution in [3.05, 3.63) is 22.2 Å². The average molecular weight is 388 g/mol. The second kappa shape index (κ2) is 8.95. The first-order valence-electron chi connectivity index (χ1n) is 6.14. The third kappa shape index (κ3) is 4.40. The Labute approximate surface area is 140 Å². The Bertz CT molecular complexity index is 429. The second-order valence-electron chi connectivity index (χ2n) is 4.51. The summed E-state index contributed by atoms with van der Waals surface area (Å²) in [6, 6.07) is 3.92. The molecule has 0 bridgehead atoms. The van der Waals surface area contributed by atoms with Crippen LogP contribution in [0.15, 0.2) is 16.6 Å². The number of piperazine rings is 1. The lowest BCUT2D eigenvalue weighted by Crippen LogP contribution is -2.44. The molecule has 1 heterocycles. The van der Waals surface area contributed by atoms with Gasteiger partial charge in [-0.1, -0.05) is 15.9 Å². The van der Waals surface area contributed by atoms with E-state index >= 15 is 0 Å². The molecule has 2 rings (SSSR count). The Morgan fingerprint density at radius 3 is 2.45 bits per heavy atom. The van der Waals surface area contributed by atoms with E-state index in [1.54, 1.807) is 13.2 Å². The van der Waals surface area contributed by atoms with E-state index in [0.717, 1.165) is 36.2 Å². The number of nitrogens with zero attached hydrogens (tertiary/aromatic N) is 1. The first kappa shape index (κ1) is 19.8. The van der Waals surface area contributed by atoms with Gasteiger partial charge in [0, 0.05) is 42.3 Å². The van der Waals surface area contributed by atoms with Crippen molar-refractivity contribution in [1.29, 1.82) is 0 Å². The Kier molecular flexibility index (Phi) is 8.86. The highest BCUT2D eigenvalue weighted by atomic mass is 79.9. The van der Waals surface area contributed by atoms with Gasteiger partial charge in [0.2, 0.25) is 0 Å². The van der Waals surface area contributed by atoms with Gasteiger partial charge in [-0.25, -0.2) is 0 Å². The molecule has 1 aromatic rings. The lowest BCUT2D eigenvalue weighted by Gasteiger charge is -2.33. The Morgan fingerprint density at radius 1 is 1.30 bits per heavy atom. The van der Waals surface area contributed by atoms with Gasteiger partial charge in [0.1, 0.15) is 0 Å². The van der Waals surface area contributed by atoms with Crippen LogP contribution in [0.25, 0.3) is 0 Å². The van der Waals surface area contributed by atoms with Gasteiger partial charge in [-0.2, -0.15) is 0 Å². The number of nitrogens with one attached hydrogen (secondary N) is 1. The smallest absolute Gasteiger partial charge is 0.162 e. The highest BCUT2D eigenvalue weighted by Crippen LogP contribution is 2.38. The largest absolute Gasteiger partial charge is 0.504 e. The van der Waals surface area contributed by atoms with Crippen LogP contribution in [0.5, 0.6) is 11.5 Å². The van der Waals surface area contributed by atoms with Gasteiger partial charge in [0.05, 0.1) is 7.11 Å². The van der Waals surface area contributed by atoms with Crippen molar-refractivity contribution in [3.8, 4) is 11.5 Å². The molecule has 2 N–H and O–H groups in total. The molecule has 1 aliphatic rings. The fourth-order valence-electron chi connectivity index (χ4n) is 2.33. The van der Waals surface area contributed by atoms with E-state index in [1.807, 2.05) is 6.07 Å². The van der Waals surface area contributed by atoms with Gasteiger partial charge < -0.3 is 15.2 Å². The predicted octanol–water partition coefficient (Wildman–Crippen LogP) is 2.97.